The first-order valence-electron chi connectivity index (χ1n) is 11.2. The van der Waals surface area contributed by atoms with Gasteiger partial charge >= 0.3 is 0 Å². The first-order valence-corrected chi connectivity index (χ1v) is 12.0. The van der Waals surface area contributed by atoms with Crippen LogP contribution in [0, 0.1) is 6.57 Å². The molecule has 172 valence electrons. The number of ether oxygens (including phenoxy) is 1. The topological polar surface area (TPSA) is 50.8 Å². The number of aryl methyl sites for hydroxylation is 1. The average molecular weight is 509 g/mol. The van der Waals surface area contributed by atoms with Gasteiger partial charge in [-0.2, -0.15) is 0 Å². The third-order valence-corrected chi connectivity index (χ3v) is 6.77. The summed E-state index contributed by atoms with van der Waals surface area (Å²) in [5.74, 6) is 2.08. The summed E-state index contributed by atoms with van der Waals surface area (Å²) >= 11 is 3.68. The molecule has 1 saturated heterocycles. The average Bonchev–Trinajstić information content (AvgIpc) is 3.26. The van der Waals surface area contributed by atoms with Crippen molar-refractivity contribution in [2.24, 2.45) is 7.05 Å². The number of hydrogen-bond acceptors (Lipinski definition) is 5. The fraction of sp³-hybridized carbons (Fsp3) is 0.400. The zero-order chi connectivity index (χ0) is 23.2. The SMILES string of the molecule is [C-]#[N+]c1c(OCCN(C)Cc2ccccc2)ccc(Br)c1N1CCC(c2nncn2C)CC1. The number of hydrogen-bond donors (Lipinski definition) is 0. The van der Waals surface area contributed by atoms with Crippen molar-refractivity contribution in [1.82, 2.24) is 19.7 Å². The van der Waals surface area contributed by atoms with Crippen molar-refractivity contribution in [1.29, 1.82) is 0 Å². The van der Waals surface area contributed by atoms with Crippen LogP contribution in [0.5, 0.6) is 5.75 Å². The maximum absolute atomic E-state index is 7.86. The summed E-state index contributed by atoms with van der Waals surface area (Å²) in [6.07, 6.45) is 3.71. The second-order valence-corrected chi connectivity index (χ2v) is 9.34. The summed E-state index contributed by atoms with van der Waals surface area (Å²) in [6.45, 7) is 11.8. The standard InChI is InChI=1S/C25H29BrN6O/c1-27-23-22(33-16-15-30(2)17-19-7-5-4-6-8-19)10-9-21(26)24(23)32-13-11-20(12-14-32)25-29-28-18-31(25)3/h4-10,18,20H,11-17H2,2-3H3. The van der Waals surface area contributed by atoms with Crippen LogP contribution in [0.4, 0.5) is 11.4 Å². The summed E-state index contributed by atoms with van der Waals surface area (Å²) in [5.41, 5.74) is 2.78. The van der Waals surface area contributed by atoms with Gasteiger partial charge in [0.05, 0.1) is 18.9 Å². The Hall–Kier alpha value is -2.89. The number of benzene rings is 2. The van der Waals surface area contributed by atoms with E-state index in [9.17, 15) is 0 Å². The molecule has 1 aliphatic heterocycles. The highest BCUT2D eigenvalue weighted by molar-refractivity contribution is 9.10. The molecule has 0 N–H and O–H groups in total. The third kappa shape index (κ3) is 5.55. The Morgan fingerprint density at radius 1 is 1.18 bits per heavy atom. The summed E-state index contributed by atoms with van der Waals surface area (Å²) in [4.78, 5) is 8.38. The molecule has 1 aliphatic rings. The van der Waals surface area contributed by atoms with E-state index in [0.29, 0.717) is 24.0 Å². The van der Waals surface area contributed by atoms with Crippen molar-refractivity contribution in [2.45, 2.75) is 25.3 Å². The molecule has 0 radical (unpaired) electrons. The minimum atomic E-state index is 0.392. The van der Waals surface area contributed by atoms with E-state index in [1.165, 1.54) is 5.56 Å². The number of nitrogens with zero attached hydrogens (tertiary/aromatic N) is 6. The normalized spacial score (nSPS) is 14.5. The van der Waals surface area contributed by atoms with E-state index in [-0.39, 0.29) is 0 Å². The Morgan fingerprint density at radius 3 is 2.61 bits per heavy atom. The first kappa shape index (κ1) is 23.3. The molecule has 0 spiro atoms. The van der Waals surface area contributed by atoms with E-state index in [1.807, 2.05) is 29.8 Å². The fourth-order valence-electron chi connectivity index (χ4n) is 4.37. The summed E-state index contributed by atoms with van der Waals surface area (Å²) in [5, 5.41) is 8.31. The van der Waals surface area contributed by atoms with E-state index in [1.54, 1.807) is 6.33 Å². The highest BCUT2D eigenvalue weighted by Crippen LogP contribution is 2.45. The lowest BCUT2D eigenvalue weighted by Gasteiger charge is -2.34. The van der Waals surface area contributed by atoms with Crippen molar-refractivity contribution >= 4 is 27.3 Å². The molecule has 1 fully saturated rings. The molecule has 0 saturated carbocycles. The Bertz CT molecular complexity index is 1100. The largest absolute Gasteiger partial charge is 0.503 e. The van der Waals surface area contributed by atoms with E-state index in [2.05, 4.69) is 72.1 Å². The zero-order valence-corrected chi connectivity index (χ0v) is 20.7. The van der Waals surface area contributed by atoms with Gasteiger partial charge in [-0.05, 0) is 37.6 Å². The molecular formula is C25H29BrN6O. The van der Waals surface area contributed by atoms with Gasteiger partial charge < -0.3 is 14.2 Å². The molecule has 0 unspecified atom stereocenters. The van der Waals surface area contributed by atoms with Gasteiger partial charge in [-0.1, -0.05) is 46.3 Å². The Labute approximate surface area is 203 Å². The van der Waals surface area contributed by atoms with Crippen LogP contribution in [-0.4, -0.2) is 53.0 Å². The monoisotopic (exact) mass is 508 g/mol. The van der Waals surface area contributed by atoms with Crippen LogP contribution in [0.3, 0.4) is 0 Å². The number of aromatic nitrogens is 3. The fourth-order valence-corrected chi connectivity index (χ4v) is 4.94. The van der Waals surface area contributed by atoms with Gasteiger partial charge in [0, 0.05) is 43.6 Å². The zero-order valence-electron chi connectivity index (χ0n) is 19.1. The lowest BCUT2D eigenvalue weighted by atomic mass is 9.95. The van der Waals surface area contributed by atoms with Gasteiger partial charge in [-0.15, -0.1) is 10.2 Å². The molecule has 0 amide bonds. The first-order chi connectivity index (χ1) is 16.1. The number of anilines is 1. The number of halogens is 1. The minimum Gasteiger partial charge on any atom is -0.503 e. The van der Waals surface area contributed by atoms with Gasteiger partial charge in [0.15, 0.2) is 0 Å². The van der Waals surface area contributed by atoms with Crippen molar-refractivity contribution in [3.63, 3.8) is 0 Å². The maximum Gasteiger partial charge on any atom is 0.251 e. The molecule has 1 aromatic heterocycles. The van der Waals surface area contributed by atoms with Crippen molar-refractivity contribution < 1.29 is 4.74 Å². The molecule has 8 heteroatoms. The van der Waals surface area contributed by atoms with Gasteiger partial charge in [-0.25, -0.2) is 4.85 Å². The van der Waals surface area contributed by atoms with Crippen LogP contribution < -0.4 is 9.64 Å². The number of likely N-dealkylation sites (N-methyl/N-ethyl adjacent to an activating group) is 1. The molecule has 7 nitrogen and oxygen atoms in total. The van der Waals surface area contributed by atoms with Gasteiger partial charge in [0.1, 0.15) is 17.9 Å². The lowest BCUT2D eigenvalue weighted by molar-refractivity contribution is 0.234. The van der Waals surface area contributed by atoms with Gasteiger partial charge in [-0.3, -0.25) is 4.90 Å². The molecule has 2 heterocycles. The second kappa shape index (κ2) is 10.8. The molecule has 0 aliphatic carbocycles. The van der Waals surface area contributed by atoms with Gasteiger partial charge in [0.2, 0.25) is 0 Å². The maximum atomic E-state index is 7.86. The Balaban J connectivity index is 1.39. The quantitative estimate of drug-likeness (QED) is 0.399. The van der Waals surface area contributed by atoms with Gasteiger partial charge in [0.25, 0.3) is 5.69 Å². The van der Waals surface area contributed by atoms with Crippen molar-refractivity contribution in [3.05, 3.63) is 76.1 Å². The highest BCUT2D eigenvalue weighted by Gasteiger charge is 2.27. The molecule has 33 heavy (non-hydrogen) atoms. The van der Waals surface area contributed by atoms with E-state index >= 15 is 0 Å². The molecule has 0 bridgehead atoms. The minimum absolute atomic E-state index is 0.392. The number of rotatable bonds is 8. The predicted molar refractivity (Wildman–Crippen MR) is 134 cm³/mol. The van der Waals surface area contributed by atoms with Crippen LogP contribution >= 0.6 is 15.9 Å². The molecule has 2 aromatic carbocycles. The smallest absolute Gasteiger partial charge is 0.251 e. The van der Waals surface area contributed by atoms with Crippen molar-refractivity contribution in [3.8, 4) is 5.75 Å². The molecule has 0 atom stereocenters. The summed E-state index contributed by atoms with van der Waals surface area (Å²) in [6, 6.07) is 14.3. The Morgan fingerprint density at radius 2 is 1.94 bits per heavy atom. The third-order valence-electron chi connectivity index (χ3n) is 6.13. The highest BCUT2D eigenvalue weighted by atomic mass is 79.9. The summed E-state index contributed by atoms with van der Waals surface area (Å²) < 4.78 is 9.03. The van der Waals surface area contributed by atoms with E-state index in [4.69, 9.17) is 11.3 Å². The molecule has 4 rings (SSSR count). The van der Waals surface area contributed by atoms with Crippen LogP contribution in [0.15, 0.2) is 53.3 Å². The van der Waals surface area contributed by atoms with E-state index in [0.717, 1.165) is 55.0 Å². The van der Waals surface area contributed by atoms with Crippen molar-refractivity contribution in [2.75, 3.05) is 38.2 Å². The van der Waals surface area contributed by atoms with E-state index < -0.39 is 0 Å². The van der Waals surface area contributed by atoms with Crippen LogP contribution in [0.1, 0.15) is 30.1 Å². The Kier molecular flexibility index (Phi) is 7.63. The molecular weight excluding hydrogens is 480 g/mol. The molecule has 3 aromatic rings. The summed E-state index contributed by atoms with van der Waals surface area (Å²) in [7, 11) is 4.08. The number of piperidine rings is 1. The van der Waals surface area contributed by atoms with Crippen LogP contribution in [-0.2, 0) is 13.6 Å². The van der Waals surface area contributed by atoms with Crippen LogP contribution in [0.2, 0.25) is 0 Å². The lowest BCUT2D eigenvalue weighted by Crippen LogP contribution is -2.34. The second-order valence-electron chi connectivity index (χ2n) is 8.49. The predicted octanol–water partition coefficient (Wildman–Crippen LogP) is 5.02. The van der Waals surface area contributed by atoms with Crippen LogP contribution in [0.25, 0.3) is 4.85 Å².